The first-order valence-corrected chi connectivity index (χ1v) is 14.1. The highest BCUT2D eigenvalue weighted by Gasteiger charge is 2.24. The van der Waals surface area contributed by atoms with Crippen molar-refractivity contribution in [3.8, 4) is 5.75 Å². The number of rotatable bonds is 7. The van der Waals surface area contributed by atoms with E-state index in [-0.39, 0.29) is 11.7 Å². The molecule has 0 spiro atoms. The van der Waals surface area contributed by atoms with E-state index in [4.69, 9.17) is 9.73 Å². The van der Waals surface area contributed by atoms with E-state index in [1.165, 1.54) is 48.8 Å². The first-order chi connectivity index (χ1) is 18.6. The van der Waals surface area contributed by atoms with Gasteiger partial charge in [-0.2, -0.15) is 0 Å². The molecule has 1 atom stereocenters. The predicted octanol–water partition coefficient (Wildman–Crippen LogP) is 8.01. The number of nitrogens with zero attached hydrogens (tertiary/aromatic N) is 1. The van der Waals surface area contributed by atoms with Crippen molar-refractivity contribution < 1.29 is 9.53 Å². The van der Waals surface area contributed by atoms with E-state index in [2.05, 4.69) is 61.5 Å². The standard InChI is InChI=1S/C35H39NO2/c1-25-9-11-26(12-10-25)19-27-13-15-28(16-14-27)24-36-32-7-4-6-30-17-18-33(37)22-31(35(30)23-32)20-29-5-3-8-34(21-29)38-2/h3,5-8,13-18,21,23-26,31H,4,9-12,19-20,22H2,1-2H3. The fourth-order valence-electron chi connectivity index (χ4n) is 5.96. The fraction of sp³-hybridized carbons (Fsp3) is 0.371. The number of carbonyl (C=O) groups excluding carboxylic acids is 1. The second-order valence-electron chi connectivity index (χ2n) is 11.2. The van der Waals surface area contributed by atoms with E-state index in [0.29, 0.717) is 6.42 Å². The van der Waals surface area contributed by atoms with Crippen LogP contribution in [0.5, 0.6) is 5.75 Å². The minimum absolute atomic E-state index is 0.0922. The molecule has 3 nitrogen and oxygen atoms in total. The van der Waals surface area contributed by atoms with Gasteiger partial charge in [-0.15, -0.1) is 0 Å². The van der Waals surface area contributed by atoms with Crippen LogP contribution in [0.3, 0.4) is 0 Å². The third-order valence-electron chi connectivity index (χ3n) is 8.26. The van der Waals surface area contributed by atoms with E-state index in [0.717, 1.165) is 47.3 Å². The lowest BCUT2D eigenvalue weighted by Crippen LogP contribution is -2.14. The number of aliphatic imine (C=N–C) groups is 1. The summed E-state index contributed by atoms with van der Waals surface area (Å²) < 4.78 is 5.42. The molecule has 3 aliphatic rings. The fourth-order valence-corrected chi connectivity index (χ4v) is 5.96. The summed E-state index contributed by atoms with van der Waals surface area (Å²) in [5.74, 6) is 2.84. The van der Waals surface area contributed by atoms with Crippen LogP contribution in [0.4, 0.5) is 0 Å². The average Bonchev–Trinajstić information content (AvgIpc) is 3.22. The molecule has 0 heterocycles. The molecule has 0 aliphatic heterocycles. The Balaban J connectivity index is 1.30. The van der Waals surface area contributed by atoms with Crippen molar-refractivity contribution >= 4 is 12.0 Å². The molecule has 1 fully saturated rings. The van der Waals surface area contributed by atoms with Gasteiger partial charge in [0.25, 0.3) is 0 Å². The smallest absolute Gasteiger partial charge is 0.156 e. The molecule has 196 valence electrons. The lowest BCUT2D eigenvalue weighted by atomic mass is 9.80. The van der Waals surface area contributed by atoms with Gasteiger partial charge in [0.15, 0.2) is 5.78 Å². The van der Waals surface area contributed by atoms with Crippen molar-refractivity contribution in [2.75, 3.05) is 7.11 Å². The molecule has 0 N–H and O–H groups in total. The average molecular weight is 506 g/mol. The number of methoxy groups -OCH3 is 1. The first-order valence-electron chi connectivity index (χ1n) is 14.1. The minimum Gasteiger partial charge on any atom is -0.497 e. The summed E-state index contributed by atoms with van der Waals surface area (Å²) in [5.41, 5.74) is 6.99. The highest BCUT2D eigenvalue weighted by molar-refractivity contribution is 5.92. The van der Waals surface area contributed by atoms with Gasteiger partial charge in [-0.3, -0.25) is 9.79 Å². The van der Waals surface area contributed by atoms with Crippen molar-refractivity contribution in [2.45, 2.75) is 58.3 Å². The van der Waals surface area contributed by atoms with E-state index >= 15 is 0 Å². The zero-order valence-electron chi connectivity index (χ0n) is 22.7. The zero-order chi connectivity index (χ0) is 26.3. The molecule has 0 amide bonds. The Labute approximate surface area is 227 Å². The van der Waals surface area contributed by atoms with Crippen LogP contribution in [0.15, 0.2) is 101 Å². The maximum atomic E-state index is 12.6. The second-order valence-corrected chi connectivity index (χ2v) is 11.2. The summed E-state index contributed by atoms with van der Waals surface area (Å²) >= 11 is 0. The summed E-state index contributed by atoms with van der Waals surface area (Å²) in [4.78, 5) is 17.5. The molecule has 0 bridgehead atoms. The number of hydrogen-bond acceptors (Lipinski definition) is 3. The molecule has 0 saturated heterocycles. The molecule has 0 aromatic heterocycles. The molecule has 2 aromatic rings. The van der Waals surface area contributed by atoms with Crippen LogP contribution >= 0.6 is 0 Å². The number of carbonyl (C=O) groups is 1. The van der Waals surface area contributed by atoms with Crippen LogP contribution < -0.4 is 4.74 Å². The molecule has 38 heavy (non-hydrogen) atoms. The van der Waals surface area contributed by atoms with Gasteiger partial charge in [0.1, 0.15) is 5.75 Å². The molecule has 1 unspecified atom stereocenters. The normalized spacial score (nSPS) is 23.7. The summed E-state index contributed by atoms with van der Waals surface area (Å²) in [6.45, 7) is 2.38. The van der Waals surface area contributed by atoms with E-state index < -0.39 is 0 Å². The van der Waals surface area contributed by atoms with E-state index in [1.54, 1.807) is 13.2 Å². The van der Waals surface area contributed by atoms with Crippen molar-refractivity contribution in [1.29, 1.82) is 0 Å². The topological polar surface area (TPSA) is 38.7 Å². The minimum atomic E-state index is 0.0922. The third kappa shape index (κ3) is 6.89. The van der Waals surface area contributed by atoms with E-state index in [1.807, 2.05) is 24.4 Å². The number of hydrogen-bond donors (Lipinski definition) is 0. The van der Waals surface area contributed by atoms with Gasteiger partial charge in [0.2, 0.25) is 0 Å². The summed E-state index contributed by atoms with van der Waals surface area (Å²) in [6.07, 6.45) is 21.0. The van der Waals surface area contributed by atoms with Gasteiger partial charge in [-0.25, -0.2) is 0 Å². The number of ether oxygens (including phenoxy) is 1. The number of benzene rings is 2. The predicted molar refractivity (Wildman–Crippen MR) is 157 cm³/mol. The van der Waals surface area contributed by atoms with Crippen LogP contribution in [0.25, 0.3) is 0 Å². The summed E-state index contributed by atoms with van der Waals surface area (Å²) in [5, 5.41) is 0. The van der Waals surface area contributed by atoms with Crippen LogP contribution in [0.1, 0.15) is 62.1 Å². The third-order valence-corrected chi connectivity index (χ3v) is 8.26. The van der Waals surface area contributed by atoms with Crippen molar-refractivity contribution in [1.82, 2.24) is 0 Å². The van der Waals surface area contributed by atoms with Gasteiger partial charge < -0.3 is 4.74 Å². The second kappa shape index (κ2) is 12.4. The Bertz CT molecular complexity index is 1280. The highest BCUT2D eigenvalue weighted by Crippen LogP contribution is 2.34. The number of fused-ring (bicyclic) bond motifs is 1. The van der Waals surface area contributed by atoms with Crippen LogP contribution in [-0.2, 0) is 17.6 Å². The van der Waals surface area contributed by atoms with Crippen LogP contribution in [0.2, 0.25) is 0 Å². The van der Waals surface area contributed by atoms with Crippen LogP contribution in [0, 0.1) is 17.8 Å². The van der Waals surface area contributed by atoms with Gasteiger partial charge >= 0.3 is 0 Å². The first kappa shape index (κ1) is 26.2. The van der Waals surface area contributed by atoms with Gasteiger partial charge in [0.05, 0.1) is 12.8 Å². The molecular formula is C35H39NO2. The zero-order valence-corrected chi connectivity index (χ0v) is 22.7. The quantitative estimate of drug-likeness (QED) is 0.358. The molecule has 2 aromatic carbocycles. The summed E-state index contributed by atoms with van der Waals surface area (Å²) in [7, 11) is 1.69. The molecule has 3 aliphatic carbocycles. The molecular weight excluding hydrogens is 466 g/mol. The maximum Gasteiger partial charge on any atom is 0.156 e. The lowest BCUT2D eigenvalue weighted by Gasteiger charge is -2.26. The van der Waals surface area contributed by atoms with Gasteiger partial charge in [0, 0.05) is 12.6 Å². The maximum absolute atomic E-state index is 12.6. The summed E-state index contributed by atoms with van der Waals surface area (Å²) in [6, 6.07) is 17.1. The number of allylic oxidation sites excluding steroid dienone is 7. The lowest BCUT2D eigenvalue weighted by molar-refractivity contribution is -0.115. The highest BCUT2D eigenvalue weighted by atomic mass is 16.5. The van der Waals surface area contributed by atoms with Crippen molar-refractivity contribution in [3.05, 3.63) is 112 Å². The van der Waals surface area contributed by atoms with Crippen molar-refractivity contribution in [3.63, 3.8) is 0 Å². The Morgan fingerprint density at radius 3 is 2.55 bits per heavy atom. The molecule has 5 rings (SSSR count). The van der Waals surface area contributed by atoms with E-state index in [9.17, 15) is 4.79 Å². The largest absolute Gasteiger partial charge is 0.497 e. The molecule has 1 saturated carbocycles. The van der Waals surface area contributed by atoms with Crippen LogP contribution in [-0.4, -0.2) is 19.1 Å². The molecule has 0 radical (unpaired) electrons. The van der Waals surface area contributed by atoms with Gasteiger partial charge in [-0.1, -0.05) is 74.4 Å². The SMILES string of the molecule is COc1cccc(CC2CC(=O)C=CC3=CCC=C(N=Cc4ccc(CC5CCC(C)CC5)cc4)C=C32)c1. The Morgan fingerprint density at radius 2 is 1.76 bits per heavy atom. The monoisotopic (exact) mass is 505 g/mol. The molecule has 3 heteroatoms. The Kier molecular flexibility index (Phi) is 8.53. The number of ketones is 1. The van der Waals surface area contributed by atoms with Crippen molar-refractivity contribution in [2.24, 2.45) is 22.7 Å². The Morgan fingerprint density at radius 1 is 0.947 bits per heavy atom. The van der Waals surface area contributed by atoms with Gasteiger partial charge in [-0.05, 0) is 102 Å². The Hall–Kier alpha value is -3.46.